The summed E-state index contributed by atoms with van der Waals surface area (Å²) >= 11 is 1.27. The minimum atomic E-state index is -0.266. The largest absolute Gasteiger partial charge is 0.299 e. The Kier molecular flexibility index (Phi) is 4.75. The summed E-state index contributed by atoms with van der Waals surface area (Å²) in [6, 6.07) is 6.29. The number of aromatic nitrogens is 2. The van der Waals surface area contributed by atoms with E-state index < -0.39 is 0 Å². The summed E-state index contributed by atoms with van der Waals surface area (Å²) in [6.07, 6.45) is 0. The second kappa shape index (κ2) is 6.53. The van der Waals surface area contributed by atoms with E-state index in [2.05, 4.69) is 15.5 Å². The SMILES string of the molecule is CC(c1ccc(F)cc1)N(C)CC(=O)Nc1nncs1. The first-order chi connectivity index (χ1) is 9.56. The summed E-state index contributed by atoms with van der Waals surface area (Å²) in [5, 5.41) is 10.6. The lowest BCUT2D eigenvalue weighted by molar-refractivity contribution is -0.117. The van der Waals surface area contributed by atoms with Crippen LogP contribution < -0.4 is 5.32 Å². The van der Waals surface area contributed by atoms with E-state index in [0.29, 0.717) is 5.13 Å². The van der Waals surface area contributed by atoms with Crippen LogP contribution in [-0.4, -0.2) is 34.6 Å². The standard InChI is InChI=1S/C13H15FN4OS/c1-9(10-3-5-11(14)6-4-10)18(2)7-12(19)16-13-17-15-8-20-13/h3-6,8-9H,7H2,1-2H3,(H,16,17,19). The Balaban J connectivity index is 1.91. The molecule has 7 heteroatoms. The van der Waals surface area contributed by atoms with Gasteiger partial charge in [0.25, 0.3) is 0 Å². The van der Waals surface area contributed by atoms with E-state index in [0.717, 1.165) is 5.56 Å². The van der Waals surface area contributed by atoms with Gasteiger partial charge in [0.1, 0.15) is 11.3 Å². The maximum atomic E-state index is 12.9. The Hall–Kier alpha value is -1.86. The molecule has 1 heterocycles. The van der Waals surface area contributed by atoms with Gasteiger partial charge in [-0.25, -0.2) is 4.39 Å². The first-order valence-corrected chi connectivity index (χ1v) is 6.96. The lowest BCUT2D eigenvalue weighted by atomic mass is 10.1. The van der Waals surface area contributed by atoms with Crippen molar-refractivity contribution in [2.24, 2.45) is 0 Å². The molecule has 0 aliphatic rings. The third kappa shape index (κ3) is 3.82. The van der Waals surface area contributed by atoms with Crippen LogP contribution in [-0.2, 0) is 4.79 Å². The second-order valence-corrected chi connectivity index (χ2v) is 5.27. The summed E-state index contributed by atoms with van der Waals surface area (Å²) in [7, 11) is 1.84. The van der Waals surface area contributed by atoms with Crippen molar-refractivity contribution in [1.82, 2.24) is 15.1 Å². The quantitative estimate of drug-likeness (QED) is 0.919. The van der Waals surface area contributed by atoms with Gasteiger partial charge >= 0.3 is 0 Å². The number of nitrogens with zero attached hydrogens (tertiary/aromatic N) is 3. The third-order valence-electron chi connectivity index (χ3n) is 3.01. The summed E-state index contributed by atoms with van der Waals surface area (Å²) in [5.74, 6) is -0.421. The van der Waals surface area contributed by atoms with Gasteiger partial charge in [-0.05, 0) is 31.7 Å². The molecule has 5 nitrogen and oxygen atoms in total. The molecular weight excluding hydrogens is 279 g/mol. The lowest BCUT2D eigenvalue weighted by Crippen LogP contribution is -2.32. The van der Waals surface area contributed by atoms with Gasteiger partial charge in [-0.3, -0.25) is 15.0 Å². The Morgan fingerprint density at radius 2 is 2.15 bits per heavy atom. The molecule has 1 atom stereocenters. The number of hydrogen-bond acceptors (Lipinski definition) is 5. The minimum absolute atomic E-state index is 0.00997. The highest BCUT2D eigenvalue weighted by atomic mass is 32.1. The molecule has 106 valence electrons. The fourth-order valence-corrected chi connectivity index (χ4v) is 2.21. The van der Waals surface area contributed by atoms with Gasteiger partial charge in [-0.1, -0.05) is 23.5 Å². The molecule has 0 spiro atoms. The summed E-state index contributed by atoms with van der Waals surface area (Å²) in [4.78, 5) is 13.7. The van der Waals surface area contributed by atoms with Crippen molar-refractivity contribution < 1.29 is 9.18 Å². The third-order valence-corrected chi connectivity index (χ3v) is 3.62. The zero-order chi connectivity index (χ0) is 14.5. The van der Waals surface area contributed by atoms with Gasteiger partial charge in [0.2, 0.25) is 11.0 Å². The van der Waals surface area contributed by atoms with Gasteiger partial charge < -0.3 is 0 Å². The van der Waals surface area contributed by atoms with E-state index in [1.807, 2.05) is 18.9 Å². The zero-order valence-corrected chi connectivity index (χ0v) is 12.0. The number of benzene rings is 1. The zero-order valence-electron chi connectivity index (χ0n) is 11.2. The molecule has 2 aromatic rings. The van der Waals surface area contributed by atoms with E-state index in [9.17, 15) is 9.18 Å². The van der Waals surface area contributed by atoms with Crippen LogP contribution in [0.3, 0.4) is 0 Å². The topological polar surface area (TPSA) is 58.1 Å². The Labute approximate surface area is 120 Å². The maximum Gasteiger partial charge on any atom is 0.240 e. The summed E-state index contributed by atoms with van der Waals surface area (Å²) in [5.41, 5.74) is 2.51. The number of rotatable bonds is 5. The van der Waals surface area contributed by atoms with Crippen molar-refractivity contribution in [1.29, 1.82) is 0 Å². The minimum Gasteiger partial charge on any atom is -0.299 e. The van der Waals surface area contributed by atoms with Crippen molar-refractivity contribution >= 4 is 22.4 Å². The van der Waals surface area contributed by atoms with E-state index in [-0.39, 0.29) is 24.3 Å². The van der Waals surface area contributed by atoms with Crippen LogP contribution in [0.15, 0.2) is 29.8 Å². The molecule has 2 rings (SSSR count). The fourth-order valence-electron chi connectivity index (χ4n) is 1.75. The first-order valence-electron chi connectivity index (χ1n) is 6.08. The van der Waals surface area contributed by atoms with Crippen LogP contribution in [0.1, 0.15) is 18.5 Å². The molecule has 1 aromatic heterocycles. The van der Waals surface area contributed by atoms with Crippen molar-refractivity contribution in [2.75, 3.05) is 18.9 Å². The summed E-state index contributed by atoms with van der Waals surface area (Å²) < 4.78 is 12.9. The molecule has 0 aliphatic heterocycles. The molecule has 0 saturated heterocycles. The first kappa shape index (κ1) is 14.5. The van der Waals surface area contributed by atoms with Gasteiger partial charge in [0.15, 0.2) is 0 Å². The highest BCUT2D eigenvalue weighted by molar-refractivity contribution is 7.13. The monoisotopic (exact) mass is 294 g/mol. The smallest absolute Gasteiger partial charge is 0.240 e. The highest BCUT2D eigenvalue weighted by Gasteiger charge is 2.15. The predicted molar refractivity (Wildman–Crippen MR) is 76.0 cm³/mol. The average Bonchev–Trinajstić information content (AvgIpc) is 2.91. The van der Waals surface area contributed by atoms with E-state index in [1.54, 1.807) is 17.6 Å². The molecule has 1 unspecified atom stereocenters. The van der Waals surface area contributed by atoms with Gasteiger partial charge in [0.05, 0.1) is 6.54 Å². The molecule has 1 aromatic carbocycles. The van der Waals surface area contributed by atoms with Crippen LogP contribution in [0.4, 0.5) is 9.52 Å². The van der Waals surface area contributed by atoms with Crippen LogP contribution in [0.25, 0.3) is 0 Å². The number of amides is 1. The number of nitrogens with one attached hydrogen (secondary N) is 1. The normalized spacial score (nSPS) is 12.4. The Morgan fingerprint density at radius 1 is 1.45 bits per heavy atom. The van der Waals surface area contributed by atoms with Gasteiger partial charge in [0, 0.05) is 6.04 Å². The van der Waals surface area contributed by atoms with Crippen molar-refractivity contribution in [3.8, 4) is 0 Å². The Bertz CT molecular complexity index is 558. The van der Waals surface area contributed by atoms with Crippen LogP contribution >= 0.6 is 11.3 Å². The molecule has 20 heavy (non-hydrogen) atoms. The van der Waals surface area contributed by atoms with E-state index in [1.165, 1.54) is 23.5 Å². The van der Waals surface area contributed by atoms with E-state index >= 15 is 0 Å². The molecular formula is C13H15FN4OS. The second-order valence-electron chi connectivity index (χ2n) is 4.43. The van der Waals surface area contributed by atoms with Crippen LogP contribution in [0.2, 0.25) is 0 Å². The van der Waals surface area contributed by atoms with E-state index in [4.69, 9.17) is 0 Å². The number of halogens is 1. The Morgan fingerprint density at radius 3 is 2.75 bits per heavy atom. The maximum absolute atomic E-state index is 12.9. The molecule has 1 N–H and O–H groups in total. The molecule has 0 radical (unpaired) electrons. The van der Waals surface area contributed by atoms with Crippen molar-refractivity contribution in [3.63, 3.8) is 0 Å². The fraction of sp³-hybridized carbons (Fsp3) is 0.308. The number of carbonyl (C=O) groups is 1. The summed E-state index contributed by atoms with van der Waals surface area (Å²) in [6.45, 7) is 2.18. The number of hydrogen-bond donors (Lipinski definition) is 1. The van der Waals surface area contributed by atoms with Crippen molar-refractivity contribution in [3.05, 3.63) is 41.2 Å². The van der Waals surface area contributed by atoms with Gasteiger partial charge in [-0.15, -0.1) is 10.2 Å². The molecule has 1 amide bonds. The molecule has 0 fully saturated rings. The molecule has 0 bridgehead atoms. The average molecular weight is 294 g/mol. The van der Waals surface area contributed by atoms with Crippen LogP contribution in [0, 0.1) is 5.82 Å². The lowest BCUT2D eigenvalue weighted by Gasteiger charge is -2.24. The number of anilines is 1. The molecule has 0 aliphatic carbocycles. The highest BCUT2D eigenvalue weighted by Crippen LogP contribution is 2.18. The number of carbonyl (C=O) groups excluding carboxylic acids is 1. The van der Waals surface area contributed by atoms with Crippen LogP contribution in [0.5, 0.6) is 0 Å². The number of likely N-dealkylation sites (N-methyl/N-ethyl adjacent to an activating group) is 1. The van der Waals surface area contributed by atoms with Gasteiger partial charge in [-0.2, -0.15) is 0 Å². The van der Waals surface area contributed by atoms with Crippen molar-refractivity contribution in [2.45, 2.75) is 13.0 Å². The molecule has 0 saturated carbocycles. The predicted octanol–water partition coefficient (Wildman–Crippen LogP) is 2.31.